The van der Waals surface area contributed by atoms with Crippen molar-refractivity contribution in [3.8, 4) is 5.75 Å². The molecule has 1 aliphatic heterocycles. The fraction of sp³-hybridized carbons (Fsp3) is 0.368. The normalized spacial score (nSPS) is 18.9. The number of H-pyrrole nitrogens is 1. The number of ether oxygens (including phenoxy) is 1. The van der Waals surface area contributed by atoms with E-state index in [-0.39, 0.29) is 5.75 Å². The van der Waals surface area contributed by atoms with Gasteiger partial charge in [-0.25, -0.2) is 9.50 Å². The molecule has 4 aromatic rings. The Kier molecular flexibility index (Phi) is 3.77. The van der Waals surface area contributed by atoms with Gasteiger partial charge in [0.2, 0.25) is 5.89 Å². The van der Waals surface area contributed by atoms with Crippen molar-refractivity contribution in [3.63, 3.8) is 0 Å². The molecular weight excluding hydrogens is 396 g/mol. The lowest BCUT2D eigenvalue weighted by Crippen LogP contribution is -2.36. The van der Waals surface area contributed by atoms with Gasteiger partial charge in [0.1, 0.15) is 11.6 Å². The Morgan fingerprint density at radius 2 is 2.17 bits per heavy atom. The van der Waals surface area contributed by atoms with Gasteiger partial charge >= 0.3 is 12.6 Å². The summed E-state index contributed by atoms with van der Waals surface area (Å²) < 4.78 is 37.8. The molecule has 1 fully saturated rings. The summed E-state index contributed by atoms with van der Waals surface area (Å²) in [6, 6.07) is 4.85. The van der Waals surface area contributed by atoms with Crippen LogP contribution < -0.4 is 9.64 Å². The maximum Gasteiger partial charge on any atom is 0.387 e. The smallest absolute Gasteiger partial charge is 0.387 e. The molecule has 6 rings (SSSR count). The number of halogens is 2. The first-order valence-electron chi connectivity index (χ1n) is 9.72. The van der Waals surface area contributed by atoms with Crippen molar-refractivity contribution < 1.29 is 17.9 Å². The number of anilines is 1. The van der Waals surface area contributed by atoms with Crippen LogP contribution in [0.15, 0.2) is 35.1 Å². The third-order valence-electron chi connectivity index (χ3n) is 5.51. The number of nitrogens with one attached hydrogen (secondary N) is 1. The average Bonchev–Trinajstić information content (AvgIpc) is 3.15. The quantitative estimate of drug-likeness (QED) is 0.537. The van der Waals surface area contributed by atoms with E-state index < -0.39 is 12.7 Å². The van der Waals surface area contributed by atoms with Crippen LogP contribution in [-0.4, -0.2) is 42.9 Å². The van der Waals surface area contributed by atoms with E-state index in [2.05, 4.69) is 30.0 Å². The highest BCUT2D eigenvalue weighted by atomic mass is 19.3. The number of alkyl halides is 2. The van der Waals surface area contributed by atoms with Gasteiger partial charge in [-0.1, -0.05) is 5.10 Å². The monoisotopic (exact) mass is 413 g/mol. The number of aromatic nitrogens is 6. The lowest BCUT2D eigenvalue weighted by atomic mass is 10.0. The summed E-state index contributed by atoms with van der Waals surface area (Å²) in [4.78, 5) is 9.64. The molecule has 0 bridgehead atoms. The molecule has 0 radical (unpaired) electrons. The third kappa shape index (κ3) is 2.80. The summed E-state index contributed by atoms with van der Waals surface area (Å²) in [6.07, 6.45) is 6.20. The van der Waals surface area contributed by atoms with E-state index in [1.54, 1.807) is 24.7 Å². The second-order valence-electron chi connectivity index (χ2n) is 7.46. The minimum absolute atomic E-state index is 0.0599. The summed E-state index contributed by atoms with van der Waals surface area (Å²) in [5, 5.41) is 13.1. The van der Waals surface area contributed by atoms with Crippen LogP contribution >= 0.6 is 0 Å². The molecule has 2 aliphatic rings. The molecule has 0 unspecified atom stereocenters. The van der Waals surface area contributed by atoms with Crippen molar-refractivity contribution in [1.29, 1.82) is 0 Å². The number of rotatable bonds is 5. The molecule has 0 amide bonds. The Morgan fingerprint density at radius 1 is 1.27 bits per heavy atom. The Labute approximate surface area is 168 Å². The van der Waals surface area contributed by atoms with E-state index in [4.69, 9.17) is 4.42 Å². The molecule has 1 saturated carbocycles. The van der Waals surface area contributed by atoms with Crippen LogP contribution in [0.25, 0.3) is 5.52 Å². The van der Waals surface area contributed by atoms with Crippen molar-refractivity contribution in [2.45, 2.75) is 37.8 Å². The van der Waals surface area contributed by atoms with Crippen molar-refractivity contribution in [2.24, 2.45) is 0 Å². The first-order chi connectivity index (χ1) is 14.7. The summed E-state index contributed by atoms with van der Waals surface area (Å²) in [5.41, 5.74) is 2.87. The van der Waals surface area contributed by atoms with Crippen molar-refractivity contribution in [3.05, 3.63) is 53.7 Å². The zero-order chi connectivity index (χ0) is 20.2. The second kappa shape index (κ2) is 6.51. The van der Waals surface area contributed by atoms with Crippen LogP contribution in [0.3, 0.4) is 0 Å². The topological polar surface area (TPSA) is 97.4 Å². The number of pyridine rings is 1. The molecule has 1 N–H and O–H groups in total. The Balaban J connectivity index is 1.45. The Hall–Kier alpha value is -3.50. The van der Waals surface area contributed by atoms with Gasteiger partial charge < -0.3 is 19.0 Å². The standard InChI is InChI=1S/C19H17F2N7O2/c20-18(21)29-14-2-1-6-28-13(14)8-12(26-28)16-15-11(22-9-23-15)5-7-27(16)19-25-24-17(30-19)10-3-4-10/h1-2,6,8-10,16,18H,3-5,7H2,(H,22,23)/t16-/m0/s1. The highest BCUT2D eigenvalue weighted by Crippen LogP contribution is 2.42. The van der Waals surface area contributed by atoms with Gasteiger partial charge in [0.25, 0.3) is 0 Å². The zero-order valence-electron chi connectivity index (χ0n) is 15.7. The molecular formula is C19H17F2N7O2. The molecule has 0 saturated heterocycles. The number of hydrogen-bond acceptors (Lipinski definition) is 7. The molecule has 154 valence electrons. The minimum atomic E-state index is -2.92. The third-order valence-corrected chi connectivity index (χ3v) is 5.51. The Bertz CT molecular complexity index is 1210. The second-order valence-corrected chi connectivity index (χ2v) is 7.46. The van der Waals surface area contributed by atoms with Gasteiger partial charge in [-0.2, -0.15) is 13.9 Å². The van der Waals surface area contributed by atoms with E-state index in [1.807, 2.05) is 4.90 Å². The van der Waals surface area contributed by atoms with Gasteiger partial charge in [-0.05, 0) is 31.0 Å². The highest BCUT2D eigenvalue weighted by Gasteiger charge is 2.37. The lowest BCUT2D eigenvalue weighted by Gasteiger charge is -2.32. The SMILES string of the molecule is FC(F)Oc1cccn2nc([C@H]3c4nc[nH]c4CCN3c3nnc(C4CC4)o3)cc12. The fourth-order valence-electron chi connectivity index (χ4n) is 3.96. The predicted octanol–water partition coefficient (Wildman–Crippen LogP) is 3.07. The van der Waals surface area contributed by atoms with Gasteiger partial charge in [0.15, 0.2) is 5.75 Å². The Morgan fingerprint density at radius 3 is 3.00 bits per heavy atom. The van der Waals surface area contributed by atoms with Crippen LogP contribution in [0.5, 0.6) is 5.75 Å². The summed E-state index contributed by atoms with van der Waals surface area (Å²) in [5.74, 6) is 1.06. The maximum atomic E-state index is 12.8. The van der Waals surface area contributed by atoms with Crippen molar-refractivity contribution in [2.75, 3.05) is 11.4 Å². The molecule has 0 spiro atoms. The van der Waals surface area contributed by atoms with Gasteiger partial charge in [0, 0.05) is 30.8 Å². The van der Waals surface area contributed by atoms with Crippen LogP contribution in [0.2, 0.25) is 0 Å². The summed E-state index contributed by atoms with van der Waals surface area (Å²) in [6.45, 7) is -2.29. The van der Waals surface area contributed by atoms with E-state index >= 15 is 0 Å². The van der Waals surface area contributed by atoms with Crippen molar-refractivity contribution >= 4 is 11.5 Å². The van der Waals surface area contributed by atoms with Crippen LogP contribution in [0.1, 0.15) is 47.8 Å². The maximum absolute atomic E-state index is 12.8. The lowest BCUT2D eigenvalue weighted by molar-refractivity contribution is -0.0490. The molecule has 5 heterocycles. The van der Waals surface area contributed by atoms with Gasteiger partial charge in [-0.3, -0.25) is 0 Å². The molecule has 4 aromatic heterocycles. The highest BCUT2D eigenvalue weighted by molar-refractivity contribution is 5.61. The molecule has 9 nitrogen and oxygen atoms in total. The van der Waals surface area contributed by atoms with Crippen LogP contribution in [0.4, 0.5) is 14.8 Å². The van der Waals surface area contributed by atoms with E-state index in [1.165, 1.54) is 10.6 Å². The molecule has 30 heavy (non-hydrogen) atoms. The average molecular weight is 413 g/mol. The van der Waals surface area contributed by atoms with Crippen molar-refractivity contribution in [1.82, 2.24) is 29.8 Å². The largest absolute Gasteiger partial charge is 0.433 e. The first kappa shape index (κ1) is 17.4. The number of imidazole rings is 1. The fourth-order valence-corrected chi connectivity index (χ4v) is 3.96. The van der Waals surface area contributed by atoms with E-state index in [0.717, 1.165) is 30.7 Å². The number of nitrogens with zero attached hydrogens (tertiary/aromatic N) is 6. The molecule has 0 aromatic carbocycles. The number of fused-ring (bicyclic) bond motifs is 2. The van der Waals surface area contributed by atoms with Gasteiger partial charge in [0.05, 0.1) is 17.7 Å². The predicted molar refractivity (Wildman–Crippen MR) is 99.6 cm³/mol. The van der Waals surface area contributed by atoms with Crippen LogP contribution in [-0.2, 0) is 6.42 Å². The first-order valence-corrected chi connectivity index (χ1v) is 9.72. The van der Waals surface area contributed by atoms with Crippen LogP contribution in [0, 0.1) is 0 Å². The van der Waals surface area contributed by atoms with E-state index in [9.17, 15) is 8.78 Å². The molecule has 1 atom stereocenters. The zero-order valence-corrected chi connectivity index (χ0v) is 15.7. The van der Waals surface area contributed by atoms with E-state index in [0.29, 0.717) is 35.6 Å². The summed E-state index contributed by atoms with van der Waals surface area (Å²) in [7, 11) is 0. The summed E-state index contributed by atoms with van der Waals surface area (Å²) >= 11 is 0. The molecule has 11 heteroatoms. The van der Waals surface area contributed by atoms with Gasteiger partial charge in [-0.15, -0.1) is 5.10 Å². The molecule has 1 aliphatic carbocycles. The minimum Gasteiger partial charge on any atom is -0.433 e. The number of aromatic amines is 1. The number of hydrogen-bond donors (Lipinski definition) is 1.